The van der Waals surface area contributed by atoms with Gasteiger partial charge in [-0.3, -0.25) is 4.79 Å². The molecule has 21 heavy (non-hydrogen) atoms. The predicted molar refractivity (Wildman–Crippen MR) is 87.2 cm³/mol. The number of carboxylic acids is 1. The van der Waals surface area contributed by atoms with Gasteiger partial charge in [0, 0.05) is 23.5 Å². The molecule has 1 atom stereocenters. The van der Waals surface area contributed by atoms with Gasteiger partial charge < -0.3 is 15.2 Å². The molecule has 116 valence electrons. The van der Waals surface area contributed by atoms with E-state index in [-0.39, 0.29) is 5.91 Å². The second-order valence-electron chi connectivity index (χ2n) is 4.09. The van der Waals surface area contributed by atoms with Crippen molar-refractivity contribution >= 4 is 51.2 Å². The Hall–Kier alpha value is -0.920. The first-order valence-corrected chi connectivity index (χ1v) is 8.38. The molecule has 8 heteroatoms. The number of carbonyl (C=O) groups excluding carboxylic acids is 1. The van der Waals surface area contributed by atoms with E-state index in [9.17, 15) is 9.59 Å². The van der Waals surface area contributed by atoms with Crippen molar-refractivity contribution in [2.45, 2.75) is 13.0 Å². The second-order valence-corrected chi connectivity index (χ2v) is 6.53. The SMILES string of the molecule is CC(=O)N[C@@H](CSCCOc1ccc(Cl)cc1Br)C(=O)O. The van der Waals surface area contributed by atoms with E-state index in [0.717, 1.165) is 4.47 Å². The summed E-state index contributed by atoms with van der Waals surface area (Å²) in [7, 11) is 0. The summed E-state index contributed by atoms with van der Waals surface area (Å²) in [5.41, 5.74) is 0. The van der Waals surface area contributed by atoms with Gasteiger partial charge in [-0.25, -0.2) is 4.79 Å². The first-order chi connectivity index (χ1) is 9.90. The lowest BCUT2D eigenvalue weighted by molar-refractivity contribution is -0.140. The molecule has 0 heterocycles. The summed E-state index contributed by atoms with van der Waals surface area (Å²) in [6.45, 7) is 1.72. The van der Waals surface area contributed by atoms with E-state index in [4.69, 9.17) is 21.4 Å². The van der Waals surface area contributed by atoms with Gasteiger partial charge in [0.05, 0.1) is 11.1 Å². The summed E-state index contributed by atoms with van der Waals surface area (Å²) in [4.78, 5) is 21.8. The van der Waals surface area contributed by atoms with E-state index < -0.39 is 12.0 Å². The molecule has 0 aliphatic carbocycles. The fourth-order valence-electron chi connectivity index (χ4n) is 1.42. The van der Waals surface area contributed by atoms with Crippen LogP contribution in [-0.2, 0) is 9.59 Å². The van der Waals surface area contributed by atoms with Crippen molar-refractivity contribution < 1.29 is 19.4 Å². The highest BCUT2D eigenvalue weighted by Crippen LogP contribution is 2.28. The Morgan fingerprint density at radius 2 is 2.24 bits per heavy atom. The molecular formula is C13H15BrClNO4S. The zero-order valence-electron chi connectivity index (χ0n) is 11.3. The highest BCUT2D eigenvalue weighted by atomic mass is 79.9. The highest BCUT2D eigenvalue weighted by Gasteiger charge is 2.17. The first-order valence-electron chi connectivity index (χ1n) is 6.05. The zero-order chi connectivity index (χ0) is 15.8. The van der Waals surface area contributed by atoms with Crippen molar-refractivity contribution in [1.29, 1.82) is 0 Å². The van der Waals surface area contributed by atoms with Crippen LogP contribution < -0.4 is 10.1 Å². The van der Waals surface area contributed by atoms with Crippen LogP contribution >= 0.6 is 39.3 Å². The molecule has 1 aromatic carbocycles. The fraction of sp³-hybridized carbons (Fsp3) is 0.385. The van der Waals surface area contributed by atoms with E-state index in [1.807, 2.05) is 0 Å². The molecule has 5 nitrogen and oxygen atoms in total. The molecule has 0 fully saturated rings. The topological polar surface area (TPSA) is 75.6 Å². The molecule has 0 saturated heterocycles. The number of benzene rings is 1. The summed E-state index contributed by atoms with van der Waals surface area (Å²) >= 11 is 10.6. The van der Waals surface area contributed by atoms with Gasteiger partial charge in [0.2, 0.25) is 5.91 Å². The van der Waals surface area contributed by atoms with E-state index in [1.54, 1.807) is 18.2 Å². The largest absolute Gasteiger partial charge is 0.492 e. The highest BCUT2D eigenvalue weighted by molar-refractivity contribution is 9.10. The summed E-state index contributed by atoms with van der Waals surface area (Å²) in [6, 6.07) is 4.34. The molecule has 0 unspecified atom stereocenters. The predicted octanol–water partition coefficient (Wildman–Crippen LogP) is 2.80. The van der Waals surface area contributed by atoms with Crippen LogP contribution in [0.2, 0.25) is 5.02 Å². The molecule has 0 spiro atoms. The lowest BCUT2D eigenvalue weighted by Gasteiger charge is -2.13. The molecular weight excluding hydrogens is 382 g/mol. The number of aliphatic carboxylic acids is 1. The van der Waals surface area contributed by atoms with E-state index >= 15 is 0 Å². The van der Waals surface area contributed by atoms with Crippen LogP contribution in [0.5, 0.6) is 5.75 Å². The lowest BCUT2D eigenvalue weighted by Crippen LogP contribution is -2.41. The van der Waals surface area contributed by atoms with E-state index in [1.165, 1.54) is 18.7 Å². The van der Waals surface area contributed by atoms with Gasteiger partial charge in [-0.15, -0.1) is 0 Å². The molecule has 0 aromatic heterocycles. The van der Waals surface area contributed by atoms with Crippen LogP contribution in [0.15, 0.2) is 22.7 Å². The molecule has 0 aliphatic rings. The molecule has 0 bridgehead atoms. The first kappa shape index (κ1) is 18.1. The van der Waals surface area contributed by atoms with Crippen molar-refractivity contribution in [3.8, 4) is 5.75 Å². The number of ether oxygens (including phenoxy) is 1. The zero-order valence-corrected chi connectivity index (χ0v) is 14.4. The average molecular weight is 397 g/mol. The van der Waals surface area contributed by atoms with Gasteiger partial charge in [0.25, 0.3) is 0 Å². The number of thioether (sulfide) groups is 1. The minimum absolute atomic E-state index is 0.292. The number of carboxylic acid groups (broad SMARTS) is 1. The maximum atomic E-state index is 10.9. The third-order valence-corrected chi connectivity index (χ3v) is 4.22. The van der Waals surface area contributed by atoms with E-state index in [0.29, 0.717) is 28.9 Å². The average Bonchev–Trinajstić information content (AvgIpc) is 2.38. The third-order valence-electron chi connectivity index (χ3n) is 2.34. The molecule has 0 radical (unpaired) electrons. The molecule has 1 rings (SSSR count). The van der Waals surface area contributed by atoms with Crippen LogP contribution in [0.4, 0.5) is 0 Å². The smallest absolute Gasteiger partial charge is 0.327 e. The number of amides is 1. The Morgan fingerprint density at radius 1 is 1.52 bits per heavy atom. The summed E-state index contributed by atoms with van der Waals surface area (Å²) in [6.07, 6.45) is 0. The summed E-state index contributed by atoms with van der Waals surface area (Å²) in [5, 5.41) is 11.9. The van der Waals surface area contributed by atoms with Gasteiger partial charge in [-0.2, -0.15) is 11.8 Å². The molecule has 0 saturated carbocycles. The van der Waals surface area contributed by atoms with Crippen LogP contribution in [0.3, 0.4) is 0 Å². The number of hydrogen-bond donors (Lipinski definition) is 2. The van der Waals surface area contributed by atoms with Gasteiger partial charge in [0.15, 0.2) is 0 Å². The number of halogens is 2. The van der Waals surface area contributed by atoms with Crippen LogP contribution in [0, 0.1) is 0 Å². The van der Waals surface area contributed by atoms with Gasteiger partial charge in [-0.1, -0.05) is 11.6 Å². The van der Waals surface area contributed by atoms with Crippen molar-refractivity contribution in [1.82, 2.24) is 5.32 Å². The minimum atomic E-state index is -1.04. The molecule has 2 N–H and O–H groups in total. The van der Waals surface area contributed by atoms with Crippen molar-refractivity contribution in [3.05, 3.63) is 27.7 Å². The maximum Gasteiger partial charge on any atom is 0.327 e. The maximum absolute atomic E-state index is 10.9. The van der Waals surface area contributed by atoms with Gasteiger partial charge in [0.1, 0.15) is 11.8 Å². The number of hydrogen-bond acceptors (Lipinski definition) is 4. The third kappa shape index (κ3) is 7.06. The Kier molecular flexibility index (Phi) is 7.92. The van der Waals surface area contributed by atoms with Crippen molar-refractivity contribution in [2.24, 2.45) is 0 Å². The van der Waals surface area contributed by atoms with Crippen LogP contribution in [0.1, 0.15) is 6.92 Å². The Morgan fingerprint density at radius 3 is 2.81 bits per heavy atom. The quantitative estimate of drug-likeness (QED) is 0.661. The normalized spacial score (nSPS) is 11.8. The van der Waals surface area contributed by atoms with Crippen LogP contribution in [0.25, 0.3) is 0 Å². The molecule has 1 amide bonds. The Labute approximate surface area is 140 Å². The van der Waals surface area contributed by atoms with Gasteiger partial charge in [-0.05, 0) is 34.1 Å². The van der Waals surface area contributed by atoms with Crippen LogP contribution in [-0.4, -0.2) is 41.1 Å². The van der Waals surface area contributed by atoms with Crippen molar-refractivity contribution in [2.75, 3.05) is 18.1 Å². The van der Waals surface area contributed by atoms with Gasteiger partial charge >= 0.3 is 5.97 Å². The minimum Gasteiger partial charge on any atom is -0.492 e. The molecule has 1 aromatic rings. The lowest BCUT2D eigenvalue weighted by atomic mass is 10.3. The standard InChI is InChI=1S/C13H15BrClNO4S/c1-8(17)16-11(13(18)19)7-21-5-4-20-12-3-2-9(15)6-10(12)14/h2-3,6,11H,4-5,7H2,1H3,(H,16,17)(H,18,19)/t11-/m0/s1. The number of nitrogens with one attached hydrogen (secondary N) is 1. The summed E-state index contributed by atoms with van der Waals surface area (Å²) in [5.74, 6) is 0.179. The second kappa shape index (κ2) is 9.17. The van der Waals surface area contributed by atoms with Crippen molar-refractivity contribution in [3.63, 3.8) is 0 Å². The van der Waals surface area contributed by atoms with E-state index in [2.05, 4.69) is 21.2 Å². The fourth-order valence-corrected chi connectivity index (χ4v) is 3.05. The summed E-state index contributed by atoms with van der Waals surface area (Å²) < 4.78 is 6.32. The Balaban J connectivity index is 2.30. The number of carbonyl (C=O) groups is 2. The number of rotatable bonds is 8. The monoisotopic (exact) mass is 395 g/mol. The molecule has 0 aliphatic heterocycles. The Bertz CT molecular complexity index is 515.